The number of rotatable bonds is 4. The number of nitrogens with one attached hydrogen (secondary N) is 1. The maximum atomic E-state index is 12.5. The Hall–Kier alpha value is -3.13. The van der Waals surface area contributed by atoms with Crippen LogP contribution in [0.15, 0.2) is 42.6 Å². The Bertz CT molecular complexity index is 920. The predicted octanol–water partition coefficient (Wildman–Crippen LogP) is 3.04. The monoisotopic (exact) mass is 318 g/mol. The van der Waals surface area contributed by atoms with E-state index < -0.39 is 0 Å². The summed E-state index contributed by atoms with van der Waals surface area (Å²) < 4.78 is 1.82. The quantitative estimate of drug-likeness (QED) is 0.752. The number of nitrogens with zero attached hydrogens (tertiary/aromatic N) is 3. The number of hydrogen-bond donors (Lipinski definition) is 1. The van der Waals surface area contributed by atoms with Gasteiger partial charge in [0.2, 0.25) is 0 Å². The van der Waals surface area contributed by atoms with E-state index >= 15 is 0 Å². The van der Waals surface area contributed by atoms with E-state index in [1.54, 1.807) is 12.3 Å². The molecule has 2 heterocycles. The van der Waals surface area contributed by atoms with Crippen molar-refractivity contribution in [1.82, 2.24) is 20.1 Å². The Morgan fingerprint density at radius 2 is 2.08 bits per heavy atom. The van der Waals surface area contributed by atoms with Gasteiger partial charge in [-0.15, -0.1) is 6.42 Å². The van der Waals surface area contributed by atoms with Crippen LogP contribution in [-0.2, 0) is 0 Å². The smallest absolute Gasteiger partial charge is 0.252 e. The lowest BCUT2D eigenvalue weighted by molar-refractivity contribution is 0.0960. The summed E-state index contributed by atoms with van der Waals surface area (Å²) in [6.45, 7) is 4.24. The first-order chi connectivity index (χ1) is 11.6. The highest BCUT2D eigenvalue weighted by atomic mass is 16.1. The third-order valence-electron chi connectivity index (χ3n) is 3.72. The van der Waals surface area contributed by atoms with E-state index in [9.17, 15) is 4.79 Å². The molecule has 3 rings (SSSR count). The summed E-state index contributed by atoms with van der Waals surface area (Å²) in [6.07, 6.45) is 6.92. The van der Waals surface area contributed by atoms with Crippen LogP contribution in [0.5, 0.6) is 0 Å². The van der Waals surface area contributed by atoms with Crippen LogP contribution in [0.3, 0.4) is 0 Å². The van der Waals surface area contributed by atoms with E-state index in [4.69, 9.17) is 11.4 Å². The SMILES string of the molecule is C#CCNC(=O)c1cc(-c2ccccc2)nc2c1cnn2C(C)C. The van der Waals surface area contributed by atoms with Crippen LogP contribution in [0.25, 0.3) is 22.3 Å². The molecule has 5 heteroatoms. The van der Waals surface area contributed by atoms with Gasteiger partial charge in [0.15, 0.2) is 5.65 Å². The number of fused-ring (bicyclic) bond motifs is 1. The van der Waals surface area contributed by atoms with Gasteiger partial charge >= 0.3 is 0 Å². The van der Waals surface area contributed by atoms with Crippen LogP contribution in [-0.4, -0.2) is 27.2 Å². The molecule has 24 heavy (non-hydrogen) atoms. The van der Waals surface area contributed by atoms with Crippen molar-refractivity contribution in [2.45, 2.75) is 19.9 Å². The highest BCUT2D eigenvalue weighted by Crippen LogP contribution is 2.26. The van der Waals surface area contributed by atoms with Crippen molar-refractivity contribution in [3.05, 3.63) is 48.2 Å². The fourth-order valence-electron chi connectivity index (χ4n) is 2.57. The van der Waals surface area contributed by atoms with Crippen molar-refractivity contribution in [1.29, 1.82) is 0 Å². The molecular weight excluding hydrogens is 300 g/mol. The number of amides is 1. The zero-order valence-corrected chi connectivity index (χ0v) is 13.7. The predicted molar refractivity (Wildman–Crippen MR) is 94.5 cm³/mol. The molecule has 2 aromatic heterocycles. The number of hydrogen-bond acceptors (Lipinski definition) is 3. The lowest BCUT2D eigenvalue weighted by atomic mass is 10.1. The van der Waals surface area contributed by atoms with E-state index in [-0.39, 0.29) is 18.5 Å². The Kier molecular flexibility index (Phi) is 4.30. The number of pyridine rings is 1. The normalized spacial score (nSPS) is 10.8. The second-order valence-corrected chi connectivity index (χ2v) is 5.73. The van der Waals surface area contributed by atoms with E-state index in [1.807, 2.05) is 48.9 Å². The maximum absolute atomic E-state index is 12.5. The van der Waals surface area contributed by atoms with Crippen LogP contribution in [0.2, 0.25) is 0 Å². The van der Waals surface area contributed by atoms with Gasteiger partial charge in [0.1, 0.15) is 0 Å². The molecule has 0 fully saturated rings. The molecule has 0 saturated carbocycles. The third-order valence-corrected chi connectivity index (χ3v) is 3.72. The molecule has 0 saturated heterocycles. The fourth-order valence-corrected chi connectivity index (χ4v) is 2.57. The first kappa shape index (κ1) is 15.8. The van der Waals surface area contributed by atoms with Gasteiger partial charge < -0.3 is 5.32 Å². The first-order valence-electron chi connectivity index (χ1n) is 7.77. The number of carbonyl (C=O) groups is 1. The Balaban J connectivity index is 2.22. The molecule has 0 aliphatic carbocycles. The minimum absolute atomic E-state index is 0.141. The van der Waals surface area contributed by atoms with Gasteiger partial charge in [0.05, 0.1) is 29.4 Å². The maximum Gasteiger partial charge on any atom is 0.252 e. The molecule has 5 nitrogen and oxygen atoms in total. The summed E-state index contributed by atoms with van der Waals surface area (Å²) in [6, 6.07) is 11.7. The van der Waals surface area contributed by atoms with E-state index in [0.29, 0.717) is 11.2 Å². The van der Waals surface area contributed by atoms with E-state index in [0.717, 1.165) is 16.6 Å². The number of carbonyl (C=O) groups excluding carboxylic acids is 1. The van der Waals surface area contributed by atoms with Crippen molar-refractivity contribution in [3.8, 4) is 23.6 Å². The van der Waals surface area contributed by atoms with Crippen molar-refractivity contribution < 1.29 is 4.79 Å². The second kappa shape index (κ2) is 6.55. The fraction of sp³-hybridized carbons (Fsp3) is 0.211. The largest absolute Gasteiger partial charge is 0.341 e. The Morgan fingerprint density at radius 1 is 1.33 bits per heavy atom. The summed E-state index contributed by atoms with van der Waals surface area (Å²) in [5.74, 6) is 2.20. The van der Waals surface area contributed by atoms with Crippen molar-refractivity contribution >= 4 is 16.9 Å². The topological polar surface area (TPSA) is 59.8 Å². The molecule has 0 atom stereocenters. The van der Waals surface area contributed by atoms with Gasteiger partial charge in [-0.3, -0.25) is 4.79 Å². The van der Waals surface area contributed by atoms with Gasteiger partial charge in [-0.25, -0.2) is 9.67 Å². The molecule has 1 aromatic carbocycles. The van der Waals surface area contributed by atoms with Crippen LogP contribution in [0, 0.1) is 12.3 Å². The summed E-state index contributed by atoms with van der Waals surface area (Å²) in [5.41, 5.74) is 2.90. The molecule has 1 N–H and O–H groups in total. The van der Waals surface area contributed by atoms with Crippen molar-refractivity contribution in [2.24, 2.45) is 0 Å². The lowest BCUT2D eigenvalue weighted by Gasteiger charge is -2.10. The number of aromatic nitrogens is 3. The summed E-state index contributed by atoms with van der Waals surface area (Å²) >= 11 is 0. The molecule has 120 valence electrons. The van der Waals surface area contributed by atoms with Crippen LogP contribution in [0.4, 0.5) is 0 Å². The van der Waals surface area contributed by atoms with Crippen molar-refractivity contribution in [3.63, 3.8) is 0 Å². The summed E-state index contributed by atoms with van der Waals surface area (Å²) in [4.78, 5) is 17.2. The molecule has 1 amide bonds. The lowest BCUT2D eigenvalue weighted by Crippen LogP contribution is -2.24. The average molecular weight is 318 g/mol. The van der Waals surface area contributed by atoms with Gasteiger partial charge in [0.25, 0.3) is 5.91 Å². The number of benzene rings is 1. The van der Waals surface area contributed by atoms with Gasteiger partial charge in [-0.2, -0.15) is 5.10 Å². The van der Waals surface area contributed by atoms with Crippen LogP contribution >= 0.6 is 0 Å². The Morgan fingerprint density at radius 3 is 2.75 bits per heavy atom. The zero-order chi connectivity index (χ0) is 17.1. The minimum atomic E-state index is -0.221. The first-order valence-corrected chi connectivity index (χ1v) is 7.77. The highest BCUT2D eigenvalue weighted by molar-refractivity contribution is 6.06. The Labute approximate surface area is 140 Å². The molecule has 0 bridgehead atoms. The van der Waals surface area contributed by atoms with Gasteiger partial charge in [-0.1, -0.05) is 36.3 Å². The molecule has 0 aliphatic heterocycles. The summed E-state index contributed by atoms with van der Waals surface area (Å²) in [7, 11) is 0. The van der Waals surface area contributed by atoms with Crippen molar-refractivity contribution in [2.75, 3.05) is 6.54 Å². The summed E-state index contributed by atoms with van der Waals surface area (Å²) in [5, 5.41) is 7.83. The molecule has 0 radical (unpaired) electrons. The van der Waals surface area contributed by atoms with Gasteiger partial charge in [-0.05, 0) is 19.9 Å². The standard InChI is InChI=1S/C19H18N4O/c1-4-10-20-19(24)15-11-17(14-8-6-5-7-9-14)22-18-16(15)12-21-23(18)13(2)3/h1,5-9,11-13H,10H2,2-3H3,(H,20,24). The molecule has 3 aromatic rings. The van der Waals surface area contributed by atoms with Crippen LogP contribution in [0.1, 0.15) is 30.2 Å². The highest BCUT2D eigenvalue weighted by Gasteiger charge is 2.18. The van der Waals surface area contributed by atoms with E-state index in [2.05, 4.69) is 16.3 Å². The second-order valence-electron chi connectivity index (χ2n) is 5.73. The average Bonchev–Trinajstić information content (AvgIpc) is 3.03. The molecule has 0 unspecified atom stereocenters. The van der Waals surface area contributed by atoms with Gasteiger partial charge in [0, 0.05) is 11.6 Å². The zero-order valence-electron chi connectivity index (χ0n) is 13.7. The molecule has 0 aliphatic rings. The third kappa shape index (κ3) is 2.86. The number of terminal acetylenes is 1. The molecular formula is C19H18N4O. The minimum Gasteiger partial charge on any atom is -0.341 e. The molecule has 0 spiro atoms. The van der Waals surface area contributed by atoms with Crippen LogP contribution < -0.4 is 5.32 Å². The van der Waals surface area contributed by atoms with E-state index in [1.165, 1.54) is 0 Å².